The maximum atomic E-state index is 11.8. The van der Waals surface area contributed by atoms with Crippen LogP contribution in [-0.4, -0.2) is 15.6 Å². The van der Waals surface area contributed by atoms with E-state index in [-0.39, 0.29) is 11.1 Å². The zero-order chi connectivity index (χ0) is 11.9. The van der Waals surface area contributed by atoms with Gasteiger partial charge in [-0.3, -0.25) is 4.79 Å². The molecule has 2 aromatic rings. The van der Waals surface area contributed by atoms with Crippen molar-refractivity contribution in [3.8, 4) is 0 Å². The van der Waals surface area contributed by atoms with E-state index in [2.05, 4.69) is 15.9 Å². The average molecular weight is 282 g/mol. The second-order valence-corrected chi connectivity index (χ2v) is 4.37. The first kappa shape index (κ1) is 10.9. The van der Waals surface area contributed by atoms with Crippen molar-refractivity contribution in [2.24, 2.45) is 7.05 Å². The molecule has 0 amide bonds. The summed E-state index contributed by atoms with van der Waals surface area (Å²) >= 11 is 3.26. The molecule has 0 bridgehead atoms. The third kappa shape index (κ3) is 1.63. The number of hydrogen-bond donors (Lipinski definition) is 1. The summed E-state index contributed by atoms with van der Waals surface area (Å²) in [5.41, 5.74) is -0.0779. The van der Waals surface area contributed by atoms with Crippen molar-refractivity contribution in [3.05, 3.63) is 44.8 Å². The van der Waals surface area contributed by atoms with Crippen LogP contribution in [0.5, 0.6) is 0 Å². The number of aromatic nitrogens is 1. The molecular formula is C11H8BrNO3. The predicted octanol–water partition coefficient (Wildman–Crippen LogP) is 2.00. The lowest BCUT2D eigenvalue weighted by Crippen LogP contribution is -2.18. The van der Waals surface area contributed by atoms with Crippen molar-refractivity contribution in [2.45, 2.75) is 0 Å². The highest BCUT2D eigenvalue weighted by Gasteiger charge is 2.12. The molecule has 0 aliphatic heterocycles. The minimum absolute atomic E-state index is 0.129. The summed E-state index contributed by atoms with van der Waals surface area (Å²) in [5.74, 6) is -1.04. The molecule has 0 unspecified atom stereocenters. The van der Waals surface area contributed by atoms with Gasteiger partial charge in [0.2, 0.25) is 0 Å². The molecule has 0 atom stereocenters. The topological polar surface area (TPSA) is 59.3 Å². The number of halogens is 1. The van der Waals surface area contributed by atoms with Crippen LogP contribution in [0.25, 0.3) is 10.8 Å². The normalized spacial score (nSPS) is 10.6. The Bertz CT molecular complexity index is 645. The number of rotatable bonds is 1. The molecule has 0 aliphatic carbocycles. The number of carboxylic acids is 1. The number of benzene rings is 1. The number of fused-ring (bicyclic) bond motifs is 1. The number of carboxylic acid groups (broad SMARTS) is 1. The minimum atomic E-state index is -1.04. The summed E-state index contributed by atoms with van der Waals surface area (Å²) in [5, 5.41) is 9.90. The maximum absolute atomic E-state index is 11.8. The molecule has 0 radical (unpaired) electrons. The van der Waals surface area contributed by atoms with Gasteiger partial charge in [0.15, 0.2) is 0 Å². The first-order valence-electron chi connectivity index (χ1n) is 4.53. The van der Waals surface area contributed by atoms with Gasteiger partial charge >= 0.3 is 5.97 Å². The lowest BCUT2D eigenvalue weighted by atomic mass is 10.1. The van der Waals surface area contributed by atoms with Crippen molar-refractivity contribution in [3.63, 3.8) is 0 Å². The van der Waals surface area contributed by atoms with E-state index < -0.39 is 5.97 Å². The Hall–Kier alpha value is -1.62. The molecule has 16 heavy (non-hydrogen) atoms. The van der Waals surface area contributed by atoms with Crippen LogP contribution in [-0.2, 0) is 7.05 Å². The van der Waals surface area contributed by atoms with E-state index in [1.165, 1.54) is 17.8 Å². The summed E-state index contributed by atoms with van der Waals surface area (Å²) < 4.78 is 2.03. The van der Waals surface area contributed by atoms with Crippen LogP contribution in [0.2, 0.25) is 0 Å². The number of aromatic carboxylic acids is 1. The van der Waals surface area contributed by atoms with Gasteiger partial charge in [-0.05, 0) is 12.1 Å². The summed E-state index contributed by atoms with van der Waals surface area (Å²) in [7, 11) is 1.54. The average Bonchev–Trinajstić information content (AvgIpc) is 2.23. The Labute approximate surface area is 99.3 Å². The van der Waals surface area contributed by atoms with Gasteiger partial charge in [0.25, 0.3) is 5.56 Å². The van der Waals surface area contributed by atoms with Gasteiger partial charge in [0.05, 0.1) is 5.56 Å². The monoisotopic (exact) mass is 281 g/mol. The summed E-state index contributed by atoms with van der Waals surface area (Å²) in [6, 6.07) is 4.97. The van der Waals surface area contributed by atoms with E-state index in [9.17, 15) is 9.59 Å². The van der Waals surface area contributed by atoms with Crippen LogP contribution in [0.15, 0.2) is 33.7 Å². The summed E-state index contributed by atoms with van der Waals surface area (Å²) in [4.78, 5) is 22.8. The molecular weight excluding hydrogens is 274 g/mol. The Morgan fingerprint density at radius 3 is 2.69 bits per heavy atom. The molecule has 4 nitrogen and oxygen atoms in total. The molecule has 1 aromatic carbocycles. The Kier molecular flexibility index (Phi) is 2.55. The van der Waals surface area contributed by atoms with Crippen LogP contribution in [0.1, 0.15) is 10.4 Å². The highest BCUT2D eigenvalue weighted by atomic mass is 79.9. The number of nitrogens with zero attached hydrogens (tertiary/aromatic N) is 1. The molecule has 1 aromatic heterocycles. The molecule has 1 heterocycles. The standard InChI is InChI=1S/C11H8BrNO3/c1-13-5-9(11(15)16)7-3-2-6(12)4-8(7)10(13)14/h2-5H,1H3,(H,15,16). The Morgan fingerprint density at radius 1 is 1.38 bits per heavy atom. The zero-order valence-corrected chi connectivity index (χ0v) is 9.98. The summed E-state index contributed by atoms with van der Waals surface area (Å²) in [6.45, 7) is 0. The fraction of sp³-hybridized carbons (Fsp3) is 0.0909. The molecule has 0 spiro atoms. The first-order chi connectivity index (χ1) is 7.50. The van der Waals surface area contributed by atoms with E-state index in [1.807, 2.05) is 0 Å². The van der Waals surface area contributed by atoms with Crippen LogP contribution >= 0.6 is 15.9 Å². The minimum Gasteiger partial charge on any atom is -0.478 e. The SMILES string of the molecule is Cn1cc(C(=O)O)c2ccc(Br)cc2c1=O. The van der Waals surface area contributed by atoms with Crippen molar-refractivity contribution in [1.82, 2.24) is 4.57 Å². The maximum Gasteiger partial charge on any atom is 0.337 e. The van der Waals surface area contributed by atoms with E-state index >= 15 is 0 Å². The first-order valence-corrected chi connectivity index (χ1v) is 5.32. The van der Waals surface area contributed by atoms with Gasteiger partial charge < -0.3 is 9.67 Å². The molecule has 1 N–H and O–H groups in total. The Balaban J connectivity index is 3.01. The second-order valence-electron chi connectivity index (χ2n) is 3.45. The Morgan fingerprint density at radius 2 is 2.06 bits per heavy atom. The molecule has 0 saturated carbocycles. The van der Waals surface area contributed by atoms with Crippen molar-refractivity contribution in [2.75, 3.05) is 0 Å². The van der Waals surface area contributed by atoms with Gasteiger partial charge in [-0.2, -0.15) is 0 Å². The van der Waals surface area contributed by atoms with Crippen molar-refractivity contribution >= 4 is 32.7 Å². The number of hydrogen-bond acceptors (Lipinski definition) is 2. The number of pyridine rings is 1. The van der Waals surface area contributed by atoms with Gasteiger partial charge in [0.1, 0.15) is 0 Å². The highest BCUT2D eigenvalue weighted by molar-refractivity contribution is 9.10. The van der Waals surface area contributed by atoms with E-state index in [1.54, 1.807) is 18.2 Å². The molecule has 82 valence electrons. The summed E-state index contributed by atoms with van der Waals surface area (Å²) in [6.07, 6.45) is 1.33. The quantitative estimate of drug-likeness (QED) is 0.870. The van der Waals surface area contributed by atoms with Crippen molar-refractivity contribution in [1.29, 1.82) is 0 Å². The highest BCUT2D eigenvalue weighted by Crippen LogP contribution is 2.20. The van der Waals surface area contributed by atoms with Crippen LogP contribution in [0, 0.1) is 0 Å². The van der Waals surface area contributed by atoms with E-state index in [0.29, 0.717) is 10.8 Å². The zero-order valence-electron chi connectivity index (χ0n) is 8.40. The largest absolute Gasteiger partial charge is 0.478 e. The van der Waals surface area contributed by atoms with Crippen LogP contribution < -0.4 is 5.56 Å². The van der Waals surface area contributed by atoms with Crippen LogP contribution in [0.3, 0.4) is 0 Å². The smallest absolute Gasteiger partial charge is 0.337 e. The molecule has 2 rings (SSSR count). The molecule has 0 fully saturated rings. The molecule has 0 saturated heterocycles. The fourth-order valence-electron chi connectivity index (χ4n) is 1.61. The second kappa shape index (κ2) is 3.75. The third-order valence-corrected chi connectivity index (χ3v) is 2.87. The predicted molar refractivity (Wildman–Crippen MR) is 63.8 cm³/mol. The van der Waals surface area contributed by atoms with Crippen LogP contribution in [0.4, 0.5) is 0 Å². The molecule has 0 aliphatic rings. The fourth-order valence-corrected chi connectivity index (χ4v) is 1.97. The van der Waals surface area contributed by atoms with Gasteiger partial charge in [-0.1, -0.05) is 22.0 Å². The molecule has 5 heteroatoms. The number of aryl methyl sites for hydroxylation is 1. The van der Waals surface area contributed by atoms with E-state index in [4.69, 9.17) is 5.11 Å². The third-order valence-electron chi connectivity index (χ3n) is 2.38. The van der Waals surface area contributed by atoms with Gasteiger partial charge in [-0.25, -0.2) is 4.79 Å². The lowest BCUT2D eigenvalue weighted by molar-refractivity contribution is 0.0698. The number of carbonyl (C=O) groups is 1. The lowest BCUT2D eigenvalue weighted by Gasteiger charge is -2.05. The van der Waals surface area contributed by atoms with Gasteiger partial charge in [0, 0.05) is 28.5 Å². The van der Waals surface area contributed by atoms with E-state index in [0.717, 1.165) is 4.47 Å². The van der Waals surface area contributed by atoms with Crippen molar-refractivity contribution < 1.29 is 9.90 Å². The van der Waals surface area contributed by atoms with Gasteiger partial charge in [-0.15, -0.1) is 0 Å².